The summed E-state index contributed by atoms with van der Waals surface area (Å²) >= 11 is 0. The SMILES string of the molecule is Cc1nn(CCC#N)c(C)c1CC(=O)O. The Morgan fingerprint density at radius 3 is 2.80 bits per heavy atom. The molecule has 0 aliphatic rings. The fourth-order valence-corrected chi connectivity index (χ4v) is 1.51. The smallest absolute Gasteiger partial charge is 0.307 e. The van der Waals surface area contributed by atoms with Crippen LogP contribution in [0, 0.1) is 25.2 Å². The molecule has 0 radical (unpaired) electrons. The molecule has 0 aliphatic heterocycles. The van der Waals surface area contributed by atoms with E-state index < -0.39 is 5.97 Å². The molecule has 1 N–H and O–H groups in total. The Hall–Kier alpha value is -1.83. The van der Waals surface area contributed by atoms with Gasteiger partial charge in [-0.3, -0.25) is 9.48 Å². The Morgan fingerprint density at radius 2 is 2.27 bits per heavy atom. The molecule has 0 saturated carbocycles. The number of nitrogens with zero attached hydrogens (tertiary/aromatic N) is 3. The van der Waals surface area contributed by atoms with Gasteiger partial charge in [0, 0.05) is 11.3 Å². The fraction of sp³-hybridized carbons (Fsp3) is 0.500. The predicted molar refractivity (Wildman–Crippen MR) is 53.3 cm³/mol. The molecule has 5 nitrogen and oxygen atoms in total. The highest BCUT2D eigenvalue weighted by atomic mass is 16.4. The highest BCUT2D eigenvalue weighted by Crippen LogP contribution is 2.13. The lowest BCUT2D eigenvalue weighted by Crippen LogP contribution is -2.04. The van der Waals surface area contributed by atoms with Gasteiger partial charge in [0.2, 0.25) is 0 Å². The third-order valence-electron chi connectivity index (χ3n) is 2.29. The first-order valence-electron chi connectivity index (χ1n) is 4.68. The first-order valence-corrected chi connectivity index (χ1v) is 4.68. The summed E-state index contributed by atoms with van der Waals surface area (Å²) < 4.78 is 1.69. The van der Waals surface area contributed by atoms with Gasteiger partial charge in [-0.2, -0.15) is 10.4 Å². The van der Waals surface area contributed by atoms with Gasteiger partial charge in [-0.15, -0.1) is 0 Å². The lowest BCUT2D eigenvalue weighted by atomic mass is 10.1. The Labute approximate surface area is 87.9 Å². The number of aliphatic carboxylic acids is 1. The number of carboxylic acids is 1. The lowest BCUT2D eigenvalue weighted by Gasteiger charge is -2.00. The summed E-state index contributed by atoms with van der Waals surface area (Å²) in [5, 5.41) is 21.4. The van der Waals surface area contributed by atoms with Gasteiger partial charge in [-0.1, -0.05) is 0 Å². The third-order valence-corrected chi connectivity index (χ3v) is 2.29. The summed E-state index contributed by atoms with van der Waals surface area (Å²) in [7, 11) is 0. The number of aryl methyl sites for hydroxylation is 2. The van der Waals surface area contributed by atoms with E-state index >= 15 is 0 Å². The van der Waals surface area contributed by atoms with Crippen molar-refractivity contribution < 1.29 is 9.90 Å². The van der Waals surface area contributed by atoms with Crippen LogP contribution in [0.15, 0.2) is 0 Å². The van der Waals surface area contributed by atoms with Crippen LogP contribution in [0.1, 0.15) is 23.4 Å². The minimum atomic E-state index is -0.860. The van der Waals surface area contributed by atoms with Crippen LogP contribution in [0.25, 0.3) is 0 Å². The van der Waals surface area contributed by atoms with Crippen LogP contribution >= 0.6 is 0 Å². The van der Waals surface area contributed by atoms with Crippen LogP contribution in [-0.4, -0.2) is 20.9 Å². The maximum Gasteiger partial charge on any atom is 0.307 e. The predicted octanol–water partition coefficient (Wildman–Crippen LogP) is 1.04. The molecule has 0 atom stereocenters. The van der Waals surface area contributed by atoms with Crippen molar-refractivity contribution in [2.24, 2.45) is 0 Å². The number of carboxylic acid groups (broad SMARTS) is 1. The molecule has 0 spiro atoms. The molecule has 1 heterocycles. The van der Waals surface area contributed by atoms with Crippen molar-refractivity contribution >= 4 is 5.97 Å². The van der Waals surface area contributed by atoms with E-state index in [1.165, 1.54) is 0 Å². The van der Waals surface area contributed by atoms with Gasteiger partial charge in [0.05, 0.1) is 31.1 Å². The van der Waals surface area contributed by atoms with E-state index in [2.05, 4.69) is 5.10 Å². The Morgan fingerprint density at radius 1 is 1.60 bits per heavy atom. The van der Waals surface area contributed by atoms with E-state index in [4.69, 9.17) is 10.4 Å². The summed E-state index contributed by atoms with van der Waals surface area (Å²) in [6, 6.07) is 2.04. The Balaban J connectivity index is 2.93. The van der Waals surface area contributed by atoms with Gasteiger partial charge in [0.25, 0.3) is 0 Å². The van der Waals surface area contributed by atoms with Crippen molar-refractivity contribution in [3.8, 4) is 6.07 Å². The van der Waals surface area contributed by atoms with Crippen molar-refractivity contribution in [2.45, 2.75) is 33.2 Å². The standard InChI is InChI=1S/C10H13N3O2/c1-7-9(6-10(14)15)8(2)13(12-7)5-3-4-11/h3,5-6H2,1-2H3,(H,14,15). The summed E-state index contributed by atoms with van der Waals surface area (Å²) in [4.78, 5) is 10.6. The highest BCUT2D eigenvalue weighted by Gasteiger charge is 2.13. The van der Waals surface area contributed by atoms with Crippen LogP contribution in [0.2, 0.25) is 0 Å². The average Bonchev–Trinajstić information content (AvgIpc) is 2.42. The Kier molecular flexibility index (Phi) is 3.45. The van der Waals surface area contributed by atoms with Crippen LogP contribution < -0.4 is 0 Å². The monoisotopic (exact) mass is 207 g/mol. The molecular formula is C10H13N3O2. The molecule has 5 heteroatoms. The van der Waals surface area contributed by atoms with Crippen molar-refractivity contribution in [3.05, 3.63) is 17.0 Å². The van der Waals surface area contributed by atoms with Crippen LogP contribution in [0.3, 0.4) is 0 Å². The van der Waals surface area contributed by atoms with Gasteiger partial charge in [-0.25, -0.2) is 0 Å². The van der Waals surface area contributed by atoms with Gasteiger partial charge >= 0.3 is 5.97 Å². The molecule has 0 fully saturated rings. The number of aromatic nitrogens is 2. The molecular weight excluding hydrogens is 194 g/mol. The van der Waals surface area contributed by atoms with E-state index in [1.807, 2.05) is 13.0 Å². The van der Waals surface area contributed by atoms with E-state index in [9.17, 15) is 4.79 Å². The van der Waals surface area contributed by atoms with Gasteiger partial charge < -0.3 is 5.11 Å². The van der Waals surface area contributed by atoms with E-state index in [0.29, 0.717) is 13.0 Å². The van der Waals surface area contributed by atoms with Crippen molar-refractivity contribution in [1.29, 1.82) is 5.26 Å². The normalized spacial score (nSPS) is 9.93. The topological polar surface area (TPSA) is 78.9 Å². The zero-order valence-corrected chi connectivity index (χ0v) is 8.82. The van der Waals surface area contributed by atoms with Crippen LogP contribution in [-0.2, 0) is 17.8 Å². The molecule has 80 valence electrons. The number of rotatable bonds is 4. The quantitative estimate of drug-likeness (QED) is 0.800. The summed E-state index contributed by atoms with van der Waals surface area (Å²) in [5.74, 6) is -0.860. The number of hydrogen-bond acceptors (Lipinski definition) is 3. The zero-order chi connectivity index (χ0) is 11.4. The summed E-state index contributed by atoms with van der Waals surface area (Å²) in [6.45, 7) is 4.13. The molecule has 0 aliphatic carbocycles. The average molecular weight is 207 g/mol. The molecule has 0 saturated heterocycles. The molecule has 1 aromatic rings. The second-order valence-electron chi connectivity index (χ2n) is 3.35. The van der Waals surface area contributed by atoms with E-state index in [1.54, 1.807) is 11.6 Å². The van der Waals surface area contributed by atoms with Crippen molar-refractivity contribution in [2.75, 3.05) is 0 Å². The minimum Gasteiger partial charge on any atom is -0.481 e. The molecule has 1 aromatic heterocycles. The van der Waals surface area contributed by atoms with E-state index in [-0.39, 0.29) is 6.42 Å². The second kappa shape index (κ2) is 4.60. The van der Waals surface area contributed by atoms with Crippen molar-refractivity contribution in [1.82, 2.24) is 9.78 Å². The molecule has 15 heavy (non-hydrogen) atoms. The zero-order valence-electron chi connectivity index (χ0n) is 8.82. The maximum absolute atomic E-state index is 10.6. The Bertz CT molecular complexity index is 415. The van der Waals surface area contributed by atoms with Gasteiger partial charge in [0.1, 0.15) is 0 Å². The lowest BCUT2D eigenvalue weighted by molar-refractivity contribution is -0.136. The van der Waals surface area contributed by atoms with Crippen LogP contribution in [0.4, 0.5) is 0 Å². The van der Waals surface area contributed by atoms with Gasteiger partial charge in [0.15, 0.2) is 0 Å². The first-order chi connectivity index (χ1) is 7.06. The largest absolute Gasteiger partial charge is 0.481 e. The number of carbonyl (C=O) groups is 1. The molecule has 0 unspecified atom stereocenters. The van der Waals surface area contributed by atoms with Crippen molar-refractivity contribution in [3.63, 3.8) is 0 Å². The molecule has 1 rings (SSSR count). The number of nitriles is 1. The highest BCUT2D eigenvalue weighted by molar-refractivity contribution is 5.70. The minimum absolute atomic E-state index is 0.00970. The molecule has 0 aromatic carbocycles. The third kappa shape index (κ3) is 2.56. The molecule has 0 bridgehead atoms. The van der Waals surface area contributed by atoms with Gasteiger partial charge in [-0.05, 0) is 13.8 Å². The second-order valence-corrected chi connectivity index (χ2v) is 3.35. The van der Waals surface area contributed by atoms with E-state index in [0.717, 1.165) is 17.0 Å². The maximum atomic E-state index is 10.6. The fourth-order valence-electron chi connectivity index (χ4n) is 1.51. The summed E-state index contributed by atoms with van der Waals surface area (Å²) in [6.07, 6.45) is 0.374. The summed E-state index contributed by atoms with van der Waals surface area (Å²) in [5.41, 5.74) is 2.32. The van der Waals surface area contributed by atoms with Crippen LogP contribution in [0.5, 0.6) is 0 Å². The molecule has 0 amide bonds. The first kappa shape index (κ1) is 11.2. The number of hydrogen-bond donors (Lipinski definition) is 1.